The van der Waals surface area contributed by atoms with E-state index in [1.54, 1.807) is 36.2 Å². The minimum absolute atomic E-state index is 0.0811. The monoisotopic (exact) mass is 374 g/mol. The van der Waals surface area contributed by atoms with E-state index in [2.05, 4.69) is 5.32 Å². The van der Waals surface area contributed by atoms with Crippen LogP contribution in [0.1, 0.15) is 15.9 Å². The van der Waals surface area contributed by atoms with Crippen LogP contribution in [0.3, 0.4) is 0 Å². The van der Waals surface area contributed by atoms with Gasteiger partial charge in [-0.2, -0.15) is 0 Å². The number of aryl methyl sites for hydroxylation is 1. The Labute approximate surface area is 164 Å². The molecule has 0 saturated heterocycles. The molecule has 2 amide bonds. The number of nitrogens with zero attached hydrogens (tertiary/aromatic N) is 1. The lowest BCUT2D eigenvalue weighted by molar-refractivity contribution is -0.118. The Kier molecular flexibility index (Phi) is 6.07. The van der Waals surface area contributed by atoms with E-state index in [1.165, 1.54) is 0 Å². The molecular weight excluding hydrogens is 352 g/mol. The maximum absolute atomic E-state index is 12.6. The predicted octanol–water partition coefficient (Wildman–Crippen LogP) is 4.29. The van der Waals surface area contributed by atoms with Crippen molar-refractivity contribution in [1.82, 2.24) is 0 Å². The fraction of sp³-hybridized carbons (Fsp3) is 0.130. The van der Waals surface area contributed by atoms with Crippen molar-refractivity contribution in [3.63, 3.8) is 0 Å². The molecule has 0 unspecified atom stereocenters. The van der Waals surface area contributed by atoms with Gasteiger partial charge in [0.05, 0.1) is 0 Å². The number of rotatable bonds is 6. The highest BCUT2D eigenvalue weighted by Gasteiger charge is 2.13. The normalized spacial score (nSPS) is 10.2. The summed E-state index contributed by atoms with van der Waals surface area (Å²) in [5.41, 5.74) is 2.94. The van der Waals surface area contributed by atoms with Gasteiger partial charge in [0.15, 0.2) is 6.61 Å². The van der Waals surface area contributed by atoms with Crippen LogP contribution in [0.5, 0.6) is 5.75 Å². The van der Waals surface area contributed by atoms with E-state index in [4.69, 9.17) is 4.74 Å². The lowest BCUT2D eigenvalue weighted by atomic mass is 10.1. The molecule has 0 aliphatic carbocycles. The maximum Gasteiger partial charge on any atom is 0.262 e. The minimum Gasteiger partial charge on any atom is -0.483 e. The van der Waals surface area contributed by atoms with Crippen molar-refractivity contribution in [2.45, 2.75) is 6.92 Å². The molecule has 0 heterocycles. The number of carbonyl (C=O) groups is 2. The summed E-state index contributed by atoms with van der Waals surface area (Å²) in [6.07, 6.45) is 0. The number of benzene rings is 3. The second-order valence-corrected chi connectivity index (χ2v) is 6.38. The quantitative estimate of drug-likeness (QED) is 0.700. The molecular formula is C23H22N2O3. The Hall–Kier alpha value is -3.60. The van der Waals surface area contributed by atoms with Crippen molar-refractivity contribution in [3.8, 4) is 5.75 Å². The maximum atomic E-state index is 12.6. The topological polar surface area (TPSA) is 58.6 Å². The highest BCUT2D eigenvalue weighted by molar-refractivity contribution is 6.06. The van der Waals surface area contributed by atoms with Crippen LogP contribution < -0.4 is 15.0 Å². The zero-order valence-corrected chi connectivity index (χ0v) is 15.9. The lowest BCUT2D eigenvalue weighted by Gasteiger charge is -2.17. The van der Waals surface area contributed by atoms with Crippen LogP contribution in [0.2, 0.25) is 0 Å². The molecule has 142 valence electrons. The summed E-state index contributed by atoms with van der Waals surface area (Å²) in [6.45, 7) is 1.84. The first kappa shape index (κ1) is 19.2. The summed E-state index contributed by atoms with van der Waals surface area (Å²) in [4.78, 5) is 26.3. The van der Waals surface area contributed by atoms with E-state index in [1.807, 2.05) is 61.5 Å². The Balaban J connectivity index is 1.57. The summed E-state index contributed by atoms with van der Waals surface area (Å²) in [5, 5.41) is 2.77. The van der Waals surface area contributed by atoms with Gasteiger partial charge in [-0.05, 0) is 55.0 Å². The number of anilines is 2. The highest BCUT2D eigenvalue weighted by atomic mass is 16.5. The SMILES string of the molecule is Cc1ccccc1OCC(=O)Nc1ccc(C(=O)N(C)c2ccccc2)cc1. The number of hydrogen-bond donors (Lipinski definition) is 1. The third-order valence-corrected chi connectivity index (χ3v) is 4.32. The van der Waals surface area contributed by atoms with Crippen molar-refractivity contribution < 1.29 is 14.3 Å². The third kappa shape index (κ3) is 4.76. The lowest BCUT2D eigenvalue weighted by Crippen LogP contribution is -2.26. The van der Waals surface area contributed by atoms with Gasteiger partial charge in [0.2, 0.25) is 0 Å². The van der Waals surface area contributed by atoms with Crippen molar-refractivity contribution in [2.24, 2.45) is 0 Å². The smallest absolute Gasteiger partial charge is 0.262 e. The first-order chi connectivity index (χ1) is 13.5. The average Bonchev–Trinajstić information content (AvgIpc) is 2.73. The Bertz CT molecular complexity index is 953. The first-order valence-corrected chi connectivity index (χ1v) is 8.96. The Morgan fingerprint density at radius 3 is 2.21 bits per heavy atom. The molecule has 0 aromatic heterocycles. The van der Waals surface area contributed by atoms with Crippen LogP contribution in [-0.2, 0) is 4.79 Å². The number of nitrogens with one attached hydrogen (secondary N) is 1. The summed E-state index contributed by atoms with van der Waals surface area (Å²) < 4.78 is 5.54. The van der Waals surface area contributed by atoms with Crippen molar-refractivity contribution in [1.29, 1.82) is 0 Å². The average molecular weight is 374 g/mol. The second-order valence-electron chi connectivity index (χ2n) is 6.38. The van der Waals surface area contributed by atoms with Gasteiger partial charge < -0.3 is 15.0 Å². The van der Waals surface area contributed by atoms with E-state index in [9.17, 15) is 9.59 Å². The molecule has 1 N–H and O–H groups in total. The Morgan fingerprint density at radius 1 is 0.893 bits per heavy atom. The molecule has 0 spiro atoms. The molecule has 5 nitrogen and oxygen atoms in total. The second kappa shape index (κ2) is 8.86. The molecule has 0 aliphatic rings. The molecule has 0 saturated carbocycles. The molecule has 0 atom stereocenters. The van der Waals surface area contributed by atoms with Crippen molar-refractivity contribution in [3.05, 3.63) is 90.0 Å². The van der Waals surface area contributed by atoms with Gasteiger partial charge in [-0.25, -0.2) is 0 Å². The number of ether oxygens (including phenoxy) is 1. The molecule has 5 heteroatoms. The summed E-state index contributed by atoms with van der Waals surface area (Å²) >= 11 is 0. The van der Waals surface area contributed by atoms with Crippen molar-refractivity contribution in [2.75, 3.05) is 23.9 Å². The van der Waals surface area contributed by atoms with Gasteiger partial charge in [0.25, 0.3) is 11.8 Å². The third-order valence-electron chi connectivity index (χ3n) is 4.32. The van der Waals surface area contributed by atoms with E-state index in [-0.39, 0.29) is 18.4 Å². The molecule has 3 rings (SSSR count). The highest BCUT2D eigenvalue weighted by Crippen LogP contribution is 2.18. The van der Waals surface area contributed by atoms with Crippen LogP contribution >= 0.6 is 0 Å². The van der Waals surface area contributed by atoms with Gasteiger partial charge in [-0.1, -0.05) is 36.4 Å². The number of hydrogen-bond acceptors (Lipinski definition) is 3. The van der Waals surface area contributed by atoms with Crippen molar-refractivity contribution >= 4 is 23.2 Å². The summed E-state index contributed by atoms with van der Waals surface area (Å²) in [5.74, 6) is 0.304. The van der Waals surface area contributed by atoms with Crippen LogP contribution in [0.25, 0.3) is 0 Å². The molecule has 0 fully saturated rings. The molecule has 0 radical (unpaired) electrons. The molecule has 3 aromatic rings. The van der Waals surface area contributed by atoms with Gasteiger partial charge in [-0.3, -0.25) is 9.59 Å². The zero-order chi connectivity index (χ0) is 19.9. The standard InChI is InChI=1S/C23H22N2O3/c1-17-8-6-7-11-21(17)28-16-22(26)24-19-14-12-18(13-15-19)23(27)25(2)20-9-4-3-5-10-20/h3-15H,16H2,1-2H3,(H,24,26). The van der Waals surface area contributed by atoms with E-state index in [0.717, 1.165) is 11.3 Å². The van der Waals surface area contributed by atoms with Crippen LogP contribution in [0, 0.1) is 6.92 Å². The van der Waals surface area contributed by atoms with E-state index < -0.39 is 0 Å². The van der Waals surface area contributed by atoms with E-state index in [0.29, 0.717) is 17.0 Å². The fourth-order valence-electron chi connectivity index (χ4n) is 2.72. The molecule has 0 bridgehead atoms. The number of para-hydroxylation sites is 2. The van der Waals surface area contributed by atoms with Gasteiger partial charge in [0.1, 0.15) is 5.75 Å². The van der Waals surface area contributed by atoms with Gasteiger partial charge >= 0.3 is 0 Å². The fourth-order valence-corrected chi connectivity index (χ4v) is 2.72. The van der Waals surface area contributed by atoms with Crippen LogP contribution in [-0.4, -0.2) is 25.5 Å². The summed E-state index contributed by atoms with van der Waals surface area (Å²) in [7, 11) is 1.73. The largest absolute Gasteiger partial charge is 0.483 e. The predicted molar refractivity (Wildman–Crippen MR) is 111 cm³/mol. The number of carbonyl (C=O) groups excluding carboxylic acids is 2. The number of amides is 2. The van der Waals surface area contributed by atoms with Crippen LogP contribution in [0.15, 0.2) is 78.9 Å². The van der Waals surface area contributed by atoms with E-state index >= 15 is 0 Å². The molecule has 28 heavy (non-hydrogen) atoms. The van der Waals surface area contributed by atoms with Crippen LogP contribution in [0.4, 0.5) is 11.4 Å². The molecule has 0 aliphatic heterocycles. The molecule has 3 aromatic carbocycles. The van der Waals surface area contributed by atoms with Gasteiger partial charge in [0, 0.05) is 24.0 Å². The first-order valence-electron chi connectivity index (χ1n) is 8.96. The minimum atomic E-state index is -0.260. The Morgan fingerprint density at radius 2 is 1.54 bits per heavy atom. The zero-order valence-electron chi connectivity index (χ0n) is 15.9. The van der Waals surface area contributed by atoms with Gasteiger partial charge in [-0.15, -0.1) is 0 Å². The summed E-state index contributed by atoms with van der Waals surface area (Å²) in [6, 6.07) is 23.8.